The Morgan fingerprint density at radius 2 is 1.83 bits per heavy atom. The predicted molar refractivity (Wildman–Crippen MR) is 72.7 cm³/mol. The van der Waals surface area contributed by atoms with Crippen molar-refractivity contribution in [2.24, 2.45) is 5.92 Å². The van der Waals surface area contributed by atoms with Gasteiger partial charge in [-0.3, -0.25) is 0 Å². The van der Waals surface area contributed by atoms with E-state index >= 15 is 0 Å². The van der Waals surface area contributed by atoms with Crippen LogP contribution in [0.15, 0.2) is 18.2 Å². The molecule has 0 saturated heterocycles. The van der Waals surface area contributed by atoms with Crippen molar-refractivity contribution in [1.82, 2.24) is 5.32 Å². The highest BCUT2D eigenvalue weighted by Gasteiger charge is 2.21. The number of hydrogen-bond donors (Lipinski definition) is 3. The third kappa shape index (κ3) is 3.16. The highest BCUT2D eigenvalue weighted by atomic mass is 16.3. The lowest BCUT2D eigenvalue weighted by atomic mass is 9.87. The molecule has 0 heterocycles. The van der Waals surface area contributed by atoms with Crippen LogP contribution in [0, 0.1) is 5.92 Å². The summed E-state index contributed by atoms with van der Waals surface area (Å²) in [7, 11) is 0. The largest absolute Gasteiger partial charge is 0.508 e. The monoisotopic (exact) mass is 249 g/mol. The molecule has 0 radical (unpaired) electrons. The summed E-state index contributed by atoms with van der Waals surface area (Å²) in [6.07, 6.45) is 4.95. The molecule has 0 spiro atoms. The standard InChI is InChI=1S/C15H23NO2/c1-10-3-5-12(6-4-10)16-11(2)14-9-13(17)7-8-15(14)18/h7-12,16-18H,3-6H2,1-2H3. The van der Waals surface area contributed by atoms with E-state index < -0.39 is 0 Å². The molecule has 1 atom stereocenters. The number of rotatable bonds is 3. The van der Waals surface area contributed by atoms with E-state index in [1.807, 2.05) is 6.92 Å². The fourth-order valence-electron chi connectivity index (χ4n) is 2.76. The van der Waals surface area contributed by atoms with Gasteiger partial charge in [-0.2, -0.15) is 0 Å². The van der Waals surface area contributed by atoms with Crippen molar-refractivity contribution >= 4 is 0 Å². The Kier molecular flexibility index (Phi) is 4.12. The first-order valence-electron chi connectivity index (χ1n) is 6.84. The molecule has 0 aromatic heterocycles. The zero-order valence-corrected chi connectivity index (χ0v) is 11.2. The molecular formula is C15H23NO2. The predicted octanol–water partition coefficient (Wildman–Crippen LogP) is 3.33. The normalized spacial score (nSPS) is 25.9. The van der Waals surface area contributed by atoms with Gasteiger partial charge in [0.05, 0.1) is 0 Å². The fourth-order valence-corrected chi connectivity index (χ4v) is 2.76. The molecule has 18 heavy (non-hydrogen) atoms. The highest BCUT2D eigenvalue weighted by molar-refractivity contribution is 5.40. The van der Waals surface area contributed by atoms with Gasteiger partial charge in [-0.1, -0.05) is 6.92 Å². The molecule has 1 saturated carbocycles. The molecule has 1 aliphatic carbocycles. The molecule has 3 nitrogen and oxygen atoms in total. The second-order valence-electron chi connectivity index (χ2n) is 5.59. The summed E-state index contributed by atoms with van der Waals surface area (Å²) in [5, 5.41) is 22.9. The number of hydrogen-bond acceptors (Lipinski definition) is 3. The number of nitrogens with one attached hydrogen (secondary N) is 1. The summed E-state index contributed by atoms with van der Waals surface area (Å²) >= 11 is 0. The maximum absolute atomic E-state index is 9.83. The van der Waals surface area contributed by atoms with Gasteiger partial charge in [0.25, 0.3) is 0 Å². The first kappa shape index (κ1) is 13.2. The zero-order valence-electron chi connectivity index (χ0n) is 11.2. The van der Waals surface area contributed by atoms with Gasteiger partial charge in [0.2, 0.25) is 0 Å². The van der Waals surface area contributed by atoms with E-state index in [0.717, 1.165) is 11.5 Å². The first-order valence-corrected chi connectivity index (χ1v) is 6.84. The van der Waals surface area contributed by atoms with E-state index in [9.17, 15) is 10.2 Å². The molecule has 0 aliphatic heterocycles. The van der Waals surface area contributed by atoms with Gasteiger partial charge in [0, 0.05) is 17.6 Å². The molecule has 1 aromatic carbocycles. The summed E-state index contributed by atoms with van der Waals surface area (Å²) in [4.78, 5) is 0. The first-order chi connectivity index (χ1) is 8.56. The second-order valence-corrected chi connectivity index (χ2v) is 5.59. The topological polar surface area (TPSA) is 52.5 Å². The van der Waals surface area contributed by atoms with E-state index in [2.05, 4.69) is 12.2 Å². The number of aromatic hydroxyl groups is 2. The van der Waals surface area contributed by atoms with E-state index in [1.165, 1.54) is 31.7 Å². The molecule has 3 heteroatoms. The van der Waals surface area contributed by atoms with Crippen LogP contribution in [0.3, 0.4) is 0 Å². The Bertz CT molecular complexity index is 397. The van der Waals surface area contributed by atoms with Crippen LogP contribution in [0.5, 0.6) is 11.5 Å². The van der Waals surface area contributed by atoms with Crippen LogP contribution in [0.2, 0.25) is 0 Å². The molecule has 1 unspecified atom stereocenters. The van der Waals surface area contributed by atoms with Crippen LogP contribution < -0.4 is 5.32 Å². The molecule has 0 amide bonds. The van der Waals surface area contributed by atoms with Crippen LogP contribution in [-0.4, -0.2) is 16.3 Å². The smallest absolute Gasteiger partial charge is 0.120 e. The van der Waals surface area contributed by atoms with Crippen molar-refractivity contribution in [1.29, 1.82) is 0 Å². The molecule has 1 aromatic rings. The van der Waals surface area contributed by atoms with Crippen LogP contribution in [0.25, 0.3) is 0 Å². The van der Waals surface area contributed by atoms with Crippen molar-refractivity contribution in [2.45, 2.75) is 51.6 Å². The molecule has 1 aliphatic rings. The van der Waals surface area contributed by atoms with Crippen LogP contribution >= 0.6 is 0 Å². The van der Waals surface area contributed by atoms with Gasteiger partial charge < -0.3 is 15.5 Å². The Morgan fingerprint density at radius 1 is 1.17 bits per heavy atom. The Balaban J connectivity index is 1.98. The molecular weight excluding hydrogens is 226 g/mol. The zero-order chi connectivity index (χ0) is 13.1. The third-order valence-corrected chi connectivity index (χ3v) is 3.98. The molecule has 2 rings (SSSR count). The molecule has 100 valence electrons. The SMILES string of the molecule is CC1CCC(NC(C)c2cc(O)ccc2O)CC1. The highest BCUT2D eigenvalue weighted by Crippen LogP contribution is 2.30. The van der Waals surface area contributed by atoms with E-state index in [-0.39, 0.29) is 17.5 Å². The van der Waals surface area contributed by atoms with Gasteiger partial charge in [-0.15, -0.1) is 0 Å². The average molecular weight is 249 g/mol. The number of benzene rings is 1. The summed E-state index contributed by atoms with van der Waals surface area (Å²) in [5.74, 6) is 1.29. The Labute approximate surface area is 109 Å². The quantitative estimate of drug-likeness (QED) is 0.720. The molecule has 0 bridgehead atoms. The van der Waals surface area contributed by atoms with Crippen molar-refractivity contribution in [3.63, 3.8) is 0 Å². The van der Waals surface area contributed by atoms with Gasteiger partial charge in [0.15, 0.2) is 0 Å². The Morgan fingerprint density at radius 3 is 2.50 bits per heavy atom. The molecule has 3 N–H and O–H groups in total. The van der Waals surface area contributed by atoms with Crippen LogP contribution in [-0.2, 0) is 0 Å². The Hall–Kier alpha value is -1.22. The maximum atomic E-state index is 9.83. The van der Waals surface area contributed by atoms with E-state index in [0.29, 0.717) is 6.04 Å². The summed E-state index contributed by atoms with van der Waals surface area (Å²) in [6, 6.07) is 5.28. The van der Waals surface area contributed by atoms with Gasteiger partial charge >= 0.3 is 0 Å². The minimum absolute atomic E-state index is 0.0653. The third-order valence-electron chi connectivity index (χ3n) is 3.98. The minimum Gasteiger partial charge on any atom is -0.508 e. The lowest BCUT2D eigenvalue weighted by molar-refractivity contribution is 0.289. The number of phenolic OH excluding ortho intramolecular Hbond substituents is 2. The summed E-state index contributed by atoms with van der Waals surface area (Å²) in [6.45, 7) is 4.34. The van der Waals surface area contributed by atoms with Crippen LogP contribution in [0.1, 0.15) is 51.1 Å². The fraction of sp³-hybridized carbons (Fsp3) is 0.600. The van der Waals surface area contributed by atoms with Crippen LogP contribution in [0.4, 0.5) is 0 Å². The lowest BCUT2D eigenvalue weighted by Gasteiger charge is -2.30. The van der Waals surface area contributed by atoms with Crippen molar-refractivity contribution in [3.05, 3.63) is 23.8 Å². The lowest BCUT2D eigenvalue weighted by Crippen LogP contribution is -2.34. The minimum atomic E-state index is 0.0653. The second kappa shape index (κ2) is 5.61. The number of phenols is 2. The molecule has 1 fully saturated rings. The van der Waals surface area contributed by atoms with Gasteiger partial charge in [-0.25, -0.2) is 0 Å². The van der Waals surface area contributed by atoms with Crippen molar-refractivity contribution in [2.75, 3.05) is 0 Å². The van der Waals surface area contributed by atoms with Crippen molar-refractivity contribution < 1.29 is 10.2 Å². The van der Waals surface area contributed by atoms with Gasteiger partial charge in [-0.05, 0) is 56.7 Å². The summed E-state index contributed by atoms with van der Waals surface area (Å²) < 4.78 is 0. The van der Waals surface area contributed by atoms with E-state index in [4.69, 9.17) is 0 Å². The van der Waals surface area contributed by atoms with Gasteiger partial charge in [0.1, 0.15) is 11.5 Å². The van der Waals surface area contributed by atoms with E-state index in [1.54, 1.807) is 12.1 Å². The summed E-state index contributed by atoms with van der Waals surface area (Å²) in [5.41, 5.74) is 0.772. The average Bonchev–Trinajstić information content (AvgIpc) is 2.35. The van der Waals surface area contributed by atoms with Crippen molar-refractivity contribution in [3.8, 4) is 11.5 Å². The maximum Gasteiger partial charge on any atom is 0.120 e.